The van der Waals surface area contributed by atoms with Crippen LogP contribution in [0.25, 0.3) is 0 Å². The van der Waals surface area contributed by atoms with E-state index in [1.165, 1.54) is 0 Å². The highest BCUT2D eigenvalue weighted by molar-refractivity contribution is 5.15. The molecular weight excluding hydrogens is 103 g/mol. The van der Waals surface area contributed by atoms with Gasteiger partial charge >= 0.3 is 0 Å². The number of hydrogen-bond donors (Lipinski definition) is 0. The van der Waals surface area contributed by atoms with Gasteiger partial charge < -0.3 is 0 Å². The summed E-state index contributed by atoms with van der Waals surface area (Å²) in [5.41, 5.74) is 1.06. The summed E-state index contributed by atoms with van der Waals surface area (Å²) in [6.45, 7) is 9.11. The highest BCUT2D eigenvalue weighted by atomic mass is 19.0. The zero-order valence-corrected chi connectivity index (χ0v) is 5.05. The molecule has 0 aromatic carbocycles. The Morgan fingerprint density at radius 2 is 2.00 bits per heavy atom. The number of allylic oxidation sites excluding steroid dienone is 4. The van der Waals surface area contributed by atoms with Gasteiger partial charge in [-0.15, -0.1) is 0 Å². The smallest absolute Gasteiger partial charge is 0.0404 e. The Morgan fingerprint density at radius 1 is 1.50 bits per heavy atom. The lowest BCUT2D eigenvalue weighted by atomic mass is 10.3. The lowest BCUT2D eigenvalue weighted by Gasteiger charge is -1.77. The first-order valence-electron chi connectivity index (χ1n) is 2.22. The molecule has 1 heteroatoms. The third-order valence-corrected chi connectivity index (χ3v) is 0.517. The van der Waals surface area contributed by atoms with E-state index in [1.807, 2.05) is 19.1 Å². The average molecular weight is 114 g/mol. The summed E-state index contributed by atoms with van der Waals surface area (Å²) in [5, 5.41) is 0. The lowest BCUT2D eigenvalue weighted by molar-refractivity contribution is 1.11. The Balaban J connectivity index is 0. The van der Waals surface area contributed by atoms with Crippen molar-refractivity contribution in [3.8, 4) is 0 Å². The Bertz CT molecular complexity index is 101. The van der Waals surface area contributed by atoms with Gasteiger partial charge in [-0.1, -0.05) is 37.0 Å². The number of rotatable bonds is 2. The van der Waals surface area contributed by atoms with Crippen molar-refractivity contribution in [2.45, 2.75) is 6.92 Å². The molecule has 0 saturated carbocycles. The zero-order chi connectivity index (χ0) is 5.70. The van der Waals surface area contributed by atoms with Gasteiger partial charge in [-0.2, -0.15) is 0 Å². The fourth-order valence-corrected chi connectivity index (χ4v) is 0.232. The van der Waals surface area contributed by atoms with Gasteiger partial charge in [-0.25, -0.2) is 0 Å². The minimum atomic E-state index is 0. The van der Waals surface area contributed by atoms with Gasteiger partial charge in [0.25, 0.3) is 0 Å². The first kappa shape index (κ1) is 10.2. The molecule has 0 aliphatic heterocycles. The summed E-state index contributed by atoms with van der Waals surface area (Å²) >= 11 is 0. The van der Waals surface area contributed by atoms with Crippen LogP contribution in [0.4, 0.5) is 4.70 Å². The van der Waals surface area contributed by atoms with Crippen molar-refractivity contribution < 1.29 is 4.70 Å². The van der Waals surface area contributed by atoms with Gasteiger partial charge in [0.05, 0.1) is 0 Å². The van der Waals surface area contributed by atoms with Gasteiger partial charge in [0.15, 0.2) is 0 Å². The molecule has 0 spiro atoms. The number of halogens is 1. The van der Waals surface area contributed by atoms with Gasteiger partial charge in [-0.05, 0) is 6.92 Å². The van der Waals surface area contributed by atoms with E-state index in [0.717, 1.165) is 5.57 Å². The van der Waals surface area contributed by atoms with Crippen LogP contribution in [0.3, 0.4) is 0 Å². The van der Waals surface area contributed by atoms with E-state index >= 15 is 0 Å². The van der Waals surface area contributed by atoms with E-state index in [-0.39, 0.29) is 4.70 Å². The summed E-state index contributed by atoms with van der Waals surface area (Å²) in [6.07, 6.45) is 5.50. The maximum Gasteiger partial charge on any atom is -0.0404 e. The lowest BCUT2D eigenvalue weighted by Crippen LogP contribution is -1.55. The topological polar surface area (TPSA) is 0 Å². The zero-order valence-electron chi connectivity index (χ0n) is 5.05. The summed E-state index contributed by atoms with van der Waals surface area (Å²) in [6, 6.07) is 0. The van der Waals surface area contributed by atoms with E-state index < -0.39 is 0 Å². The molecular formula is C7H11F. The third kappa shape index (κ3) is 8.94. The molecule has 46 valence electrons. The molecule has 0 heterocycles. The minimum Gasteiger partial charge on any atom is -0.269 e. The molecule has 0 N–H and O–H groups in total. The van der Waals surface area contributed by atoms with Crippen molar-refractivity contribution in [3.05, 3.63) is 37.0 Å². The second kappa shape index (κ2) is 6.15. The second-order valence-electron chi connectivity index (χ2n) is 1.44. The molecule has 0 radical (unpaired) electrons. The van der Waals surface area contributed by atoms with E-state index in [1.54, 1.807) is 6.08 Å². The van der Waals surface area contributed by atoms with Crippen LogP contribution in [-0.2, 0) is 0 Å². The average Bonchev–Trinajstić information content (AvgIpc) is 1.61. The minimum absolute atomic E-state index is 0. The first-order chi connectivity index (χ1) is 3.27. The van der Waals surface area contributed by atoms with Gasteiger partial charge in [-0.3, -0.25) is 4.70 Å². The Hall–Kier alpha value is -0.850. The highest BCUT2D eigenvalue weighted by Crippen LogP contribution is 1.86. The van der Waals surface area contributed by atoms with Crippen molar-refractivity contribution >= 4 is 0 Å². The largest absolute Gasteiger partial charge is 0.269 e. The van der Waals surface area contributed by atoms with E-state index in [9.17, 15) is 0 Å². The van der Waals surface area contributed by atoms with Crippen molar-refractivity contribution in [2.24, 2.45) is 0 Å². The Labute approximate surface area is 49.6 Å². The quantitative estimate of drug-likeness (QED) is 0.484. The maximum absolute atomic E-state index is 3.66. The van der Waals surface area contributed by atoms with Crippen LogP contribution in [0.15, 0.2) is 37.0 Å². The van der Waals surface area contributed by atoms with Crippen LogP contribution in [0.5, 0.6) is 0 Å². The van der Waals surface area contributed by atoms with Crippen molar-refractivity contribution in [3.63, 3.8) is 0 Å². The van der Waals surface area contributed by atoms with E-state index in [0.29, 0.717) is 0 Å². The molecule has 0 bridgehead atoms. The molecule has 0 saturated heterocycles. The summed E-state index contributed by atoms with van der Waals surface area (Å²) < 4.78 is 0. The van der Waals surface area contributed by atoms with Crippen molar-refractivity contribution in [2.75, 3.05) is 0 Å². The molecule has 0 aliphatic rings. The molecule has 0 amide bonds. The van der Waals surface area contributed by atoms with Crippen LogP contribution in [0, 0.1) is 0 Å². The number of hydrogen-bond acceptors (Lipinski definition) is 0. The molecule has 0 aliphatic carbocycles. The SMILES string of the molecule is C=C/C=C\C(=C)C.F. The molecule has 0 rings (SSSR count). The van der Waals surface area contributed by atoms with Crippen LogP contribution in [0.1, 0.15) is 6.92 Å². The molecule has 0 nitrogen and oxygen atoms in total. The van der Waals surface area contributed by atoms with Crippen molar-refractivity contribution in [1.82, 2.24) is 0 Å². The van der Waals surface area contributed by atoms with Crippen molar-refractivity contribution in [1.29, 1.82) is 0 Å². The van der Waals surface area contributed by atoms with Gasteiger partial charge in [0.2, 0.25) is 0 Å². The van der Waals surface area contributed by atoms with E-state index in [2.05, 4.69) is 13.2 Å². The Kier molecular flexibility index (Phi) is 7.84. The summed E-state index contributed by atoms with van der Waals surface area (Å²) in [5.74, 6) is 0. The molecule has 0 atom stereocenters. The molecule has 0 aromatic heterocycles. The fraction of sp³-hybridized carbons (Fsp3) is 0.143. The molecule has 0 fully saturated rings. The van der Waals surface area contributed by atoms with Gasteiger partial charge in [0, 0.05) is 0 Å². The summed E-state index contributed by atoms with van der Waals surface area (Å²) in [7, 11) is 0. The molecule has 8 heavy (non-hydrogen) atoms. The van der Waals surface area contributed by atoms with Gasteiger partial charge in [0.1, 0.15) is 0 Å². The normalized spacial score (nSPS) is 8.12. The highest BCUT2D eigenvalue weighted by Gasteiger charge is 1.65. The van der Waals surface area contributed by atoms with Crippen LogP contribution in [0.2, 0.25) is 0 Å². The third-order valence-electron chi connectivity index (χ3n) is 0.517. The van der Waals surface area contributed by atoms with Crippen LogP contribution < -0.4 is 0 Å². The monoisotopic (exact) mass is 114 g/mol. The standard InChI is InChI=1S/C7H10.FH/c1-4-5-6-7(2)3;/h4-6H,1-2H2,3H3;1H/b6-5-;. The predicted octanol–water partition coefficient (Wildman–Crippen LogP) is 2.46. The molecule has 0 unspecified atom stereocenters. The Morgan fingerprint density at radius 3 is 2.12 bits per heavy atom. The predicted molar refractivity (Wildman–Crippen MR) is 36.7 cm³/mol. The van der Waals surface area contributed by atoms with Crippen LogP contribution in [-0.4, -0.2) is 0 Å². The second-order valence-corrected chi connectivity index (χ2v) is 1.44. The van der Waals surface area contributed by atoms with Crippen LogP contribution >= 0.6 is 0 Å². The van der Waals surface area contributed by atoms with E-state index in [4.69, 9.17) is 0 Å². The first-order valence-corrected chi connectivity index (χ1v) is 2.22. The molecule has 0 aromatic rings. The fourth-order valence-electron chi connectivity index (χ4n) is 0.232. The summed E-state index contributed by atoms with van der Waals surface area (Å²) in [4.78, 5) is 0. The maximum atomic E-state index is 3.66.